The summed E-state index contributed by atoms with van der Waals surface area (Å²) in [5.41, 5.74) is 2.97. The third kappa shape index (κ3) is 7.67. The molecule has 1 aromatic carbocycles. The molecule has 2 N–H and O–H groups in total. The summed E-state index contributed by atoms with van der Waals surface area (Å²) in [6.45, 7) is 10.6. The first kappa shape index (κ1) is 33.3. The molecule has 250 valence electrons. The Labute approximate surface area is 273 Å². The Morgan fingerprint density at radius 1 is 1.15 bits per heavy atom. The van der Waals surface area contributed by atoms with E-state index in [1.165, 1.54) is 13.4 Å². The molecule has 0 saturated carbocycles. The zero-order valence-corrected chi connectivity index (χ0v) is 27.7. The van der Waals surface area contributed by atoms with Crippen molar-refractivity contribution >= 4 is 23.5 Å². The number of aryl methyl sites for hydroxylation is 3. The Bertz CT molecular complexity index is 1760. The Morgan fingerprint density at radius 3 is 2.72 bits per heavy atom. The van der Waals surface area contributed by atoms with Crippen molar-refractivity contribution in [1.82, 2.24) is 49.9 Å². The van der Waals surface area contributed by atoms with Crippen molar-refractivity contribution in [1.29, 1.82) is 0 Å². The van der Waals surface area contributed by atoms with Crippen molar-refractivity contribution in [3.8, 4) is 11.5 Å². The molecule has 0 spiro atoms. The fraction of sp³-hybridized carbons (Fsp3) is 0.500. The zero-order chi connectivity index (χ0) is 33.7. The number of nitrogens with one attached hydrogen (secondary N) is 2. The van der Waals surface area contributed by atoms with E-state index in [0.717, 1.165) is 17.0 Å². The van der Waals surface area contributed by atoms with Gasteiger partial charge in [0.1, 0.15) is 24.6 Å². The molecule has 0 unspecified atom stereocenters. The zero-order valence-electron chi connectivity index (χ0n) is 27.7. The second-order valence-electron chi connectivity index (χ2n) is 11.9. The lowest BCUT2D eigenvalue weighted by Crippen LogP contribution is -2.44. The highest BCUT2D eigenvalue weighted by Gasteiger charge is 2.27. The normalized spacial score (nSPS) is 16.6. The fourth-order valence-corrected chi connectivity index (χ4v) is 5.73. The van der Waals surface area contributed by atoms with Crippen LogP contribution in [0.25, 0.3) is 5.78 Å². The average molecular weight is 647 g/mol. The van der Waals surface area contributed by atoms with Gasteiger partial charge in [0, 0.05) is 36.5 Å². The molecule has 5 rings (SSSR count). The molecule has 0 aliphatic carbocycles. The Kier molecular flexibility index (Phi) is 10.3. The van der Waals surface area contributed by atoms with Gasteiger partial charge in [0.2, 0.25) is 11.8 Å². The molecule has 3 amide bonds. The van der Waals surface area contributed by atoms with Crippen LogP contribution >= 0.6 is 0 Å². The SMILES string of the molecule is COc1ccc2cc1OCCn1nc(C)nc1[C@H](C(C)C)NC(=O)CN(C(=O)CCc1c(C)nc3ncnn3c1C)CCCNC2=O. The predicted molar refractivity (Wildman–Crippen MR) is 171 cm³/mol. The van der Waals surface area contributed by atoms with Gasteiger partial charge in [-0.25, -0.2) is 19.2 Å². The average Bonchev–Trinajstić information content (AvgIpc) is 3.66. The maximum Gasteiger partial charge on any atom is 0.252 e. The van der Waals surface area contributed by atoms with Gasteiger partial charge in [-0.05, 0) is 63.3 Å². The van der Waals surface area contributed by atoms with Crippen LogP contribution in [0.5, 0.6) is 11.5 Å². The highest BCUT2D eigenvalue weighted by molar-refractivity contribution is 5.94. The van der Waals surface area contributed by atoms with Crippen LogP contribution in [0.15, 0.2) is 24.5 Å². The van der Waals surface area contributed by atoms with Crippen molar-refractivity contribution in [2.75, 3.05) is 33.4 Å². The molecule has 0 fully saturated rings. The Morgan fingerprint density at radius 2 is 1.96 bits per heavy atom. The minimum atomic E-state index is -0.456. The molecule has 4 heterocycles. The van der Waals surface area contributed by atoms with Gasteiger partial charge < -0.3 is 25.0 Å². The molecular weight excluding hydrogens is 604 g/mol. The van der Waals surface area contributed by atoms with E-state index in [1.54, 1.807) is 39.2 Å². The van der Waals surface area contributed by atoms with Gasteiger partial charge in [0.15, 0.2) is 11.5 Å². The molecule has 0 radical (unpaired) electrons. The Balaban J connectivity index is 1.39. The second-order valence-corrected chi connectivity index (χ2v) is 11.9. The number of carbonyl (C=O) groups excluding carboxylic acids is 3. The first-order valence-electron chi connectivity index (χ1n) is 15.8. The predicted octanol–water partition coefficient (Wildman–Crippen LogP) is 2.14. The van der Waals surface area contributed by atoms with Gasteiger partial charge in [-0.15, -0.1) is 0 Å². The lowest BCUT2D eigenvalue weighted by Gasteiger charge is -2.26. The van der Waals surface area contributed by atoms with Crippen LogP contribution in [-0.4, -0.2) is 90.3 Å². The molecule has 1 aliphatic rings. The van der Waals surface area contributed by atoms with Gasteiger partial charge in [0.25, 0.3) is 11.7 Å². The molecule has 15 nitrogen and oxygen atoms in total. The number of aromatic nitrogens is 7. The summed E-state index contributed by atoms with van der Waals surface area (Å²) >= 11 is 0. The fourth-order valence-electron chi connectivity index (χ4n) is 5.73. The summed E-state index contributed by atoms with van der Waals surface area (Å²) in [5.74, 6) is 1.77. The van der Waals surface area contributed by atoms with Crippen LogP contribution < -0.4 is 20.1 Å². The lowest BCUT2D eigenvalue weighted by molar-refractivity contribution is -0.136. The van der Waals surface area contributed by atoms with Crippen LogP contribution in [0.3, 0.4) is 0 Å². The number of benzene rings is 1. The minimum Gasteiger partial charge on any atom is -0.493 e. The summed E-state index contributed by atoms with van der Waals surface area (Å²) in [7, 11) is 1.54. The van der Waals surface area contributed by atoms with Crippen molar-refractivity contribution in [2.45, 2.75) is 66.5 Å². The first-order chi connectivity index (χ1) is 22.5. The number of rotatable bonds is 5. The third-order valence-electron chi connectivity index (χ3n) is 8.21. The number of hydrogen-bond acceptors (Lipinski definition) is 10. The van der Waals surface area contributed by atoms with Crippen LogP contribution in [0.1, 0.15) is 71.7 Å². The summed E-state index contributed by atoms with van der Waals surface area (Å²) in [4.78, 5) is 55.1. The number of ether oxygens (including phenoxy) is 2. The molecule has 1 aliphatic heterocycles. The summed E-state index contributed by atoms with van der Waals surface area (Å²) < 4.78 is 14.9. The minimum absolute atomic E-state index is 0.0193. The van der Waals surface area contributed by atoms with E-state index in [0.29, 0.717) is 60.4 Å². The number of methoxy groups -OCH3 is 1. The number of hydrogen-bond donors (Lipinski definition) is 2. The standard InChI is InChI=1S/C32H42N10O5/c1-19(2)29-30-37-22(5)39-41(30)14-15-47-26-16-23(8-10-25(26)46-6)31(45)33-12-7-13-40(17-27(43)38-29)28(44)11-9-24-20(3)36-32-34-18-35-42(32)21(24)4/h8,10,16,18-19,29H,7,9,11-15,17H2,1-6H3,(H,33,45)(H,38,43)/t29-/m0/s1. The van der Waals surface area contributed by atoms with Gasteiger partial charge >= 0.3 is 0 Å². The number of carbonyl (C=O) groups is 3. The summed E-state index contributed by atoms with van der Waals surface area (Å²) in [6.07, 6.45) is 2.48. The topological polar surface area (TPSA) is 171 Å². The van der Waals surface area contributed by atoms with E-state index < -0.39 is 6.04 Å². The number of amides is 3. The van der Waals surface area contributed by atoms with E-state index in [9.17, 15) is 14.4 Å². The highest BCUT2D eigenvalue weighted by Crippen LogP contribution is 2.28. The van der Waals surface area contributed by atoms with Gasteiger partial charge in [-0.3, -0.25) is 14.4 Å². The molecule has 1 atom stereocenters. The summed E-state index contributed by atoms with van der Waals surface area (Å²) in [6, 6.07) is 4.55. The molecule has 0 saturated heterocycles. The van der Waals surface area contributed by atoms with E-state index in [2.05, 4.69) is 35.8 Å². The molecule has 15 heteroatoms. The molecule has 2 bridgehead atoms. The number of fused-ring (bicyclic) bond motifs is 4. The van der Waals surface area contributed by atoms with Crippen LogP contribution in [0.4, 0.5) is 0 Å². The lowest BCUT2D eigenvalue weighted by atomic mass is 10.0. The first-order valence-corrected chi connectivity index (χ1v) is 15.8. The molecule has 47 heavy (non-hydrogen) atoms. The second kappa shape index (κ2) is 14.6. The third-order valence-corrected chi connectivity index (χ3v) is 8.21. The summed E-state index contributed by atoms with van der Waals surface area (Å²) in [5, 5.41) is 14.8. The maximum absolute atomic E-state index is 13.7. The van der Waals surface area contributed by atoms with Crippen LogP contribution in [0, 0.1) is 26.7 Å². The molecular formula is C32H42N10O5. The van der Waals surface area contributed by atoms with Crippen molar-refractivity contribution in [3.63, 3.8) is 0 Å². The monoisotopic (exact) mass is 646 g/mol. The van der Waals surface area contributed by atoms with E-state index in [-0.39, 0.29) is 49.8 Å². The van der Waals surface area contributed by atoms with Crippen molar-refractivity contribution in [3.05, 3.63) is 58.7 Å². The Hall–Kier alpha value is -5.08. The number of nitrogens with zero attached hydrogens (tertiary/aromatic N) is 8. The van der Waals surface area contributed by atoms with E-state index in [4.69, 9.17) is 9.47 Å². The quantitative estimate of drug-likeness (QED) is 0.327. The van der Waals surface area contributed by atoms with Crippen molar-refractivity contribution < 1.29 is 23.9 Å². The smallest absolute Gasteiger partial charge is 0.252 e. The maximum atomic E-state index is 13.7. The van der Waals surface area contributed by atoms with Gasteiger partial charge in [0.05, 0.1) is 26.2 Å². The highest BCUT2D eigenvalue weighted by atomic mass is 16.5. The molecule has 3 aromatic heterocycles. The van der Waals surface area contributed by atoms with E-state index in [1.807, 2.05) is 27.7 Å². The van der Waals surface area contributed by atoms with Crippen LogP contribution in [-0.2, 0) is 22.6 Å². The van der Waals surface area contributed by atoms with Gasteiger partial charge in [-0.2, -0.15) is 15.2 Å². The largest absolute Gasteiger partial charge is 0.493 e. The van der Waals surface area contributed by atoms with Gasteiger partial charge in [-0.1, -0.05) is 13.8 Å². The van der Waals surface area contributed by atoms with Crippen molar-refractivity contribution in [2.24, 2.45) is 5.92 Å². The molecule has 4 aromatic rings. The van der Waals surface area contributed by atoms with E-state index >= 15 is 0 Å². The van der Waals surface area contributed by atoms with Crippen LogP contribution in [0.2, 0.25) is 0 Å².